The SMILES string of the molecule is NC(=O)c1ncc(N[C@H]2CCCC[C@H]2N)cc1Cc1cscc1-c1csc2c(=O)cc(N3CCOCC3)oc12. The van der Waals surface area contributed by atoms with Crippen molar-refractivity contribution in [2.24, 2.45) is 11.5 Å². The zero-order valence-corrected chi connectivity index (χ0v) is 23.1. The van der Waals surface area contributed by atoms with E-state index < -0.39 is 5.91 Å². The molecule has 6 rings (SSSR count). The standard InChI is InChI=1S/C28H31N5O4S2/c29-21-3-1-2-4-22(21)32-18-10-16(25(28(30)35)31-12-18)9-17-13-38-14-19(17)20-15-39-27-23(34)11-24(37-26(20)27)33-5-7-36-8-6-33/h10-15,21-22,32H,1-9,29H2,(H2,30,35)/t21-,22+/m1/s1. The third-order valence-electron chi connectivity index (χ3n) is 7.54. The number of anilines is 2. The Kier molecular flexibility index (Phi) is 7.39. The van der Waals surface area contributed by atoms with Crippen molar-refractivity contribution in [3.63, 3.8) is 0 Å². The van der Waals surface area contributed by atoms with E-state index in [0.29, 0.717) is 48.9 Å². The largest absolute Gasteiger partial charge is 0.439 e. The van der Waals surface area contributed by atoms with Crippen LogP contribution in [0.2, 0.25) is 0 Å². The first kappa shape index (κ1) is 26.0. The smallest absolute Gasteiger partial charge is 0.267 e. The third kappa shape index (κ3) is 5.31. The fourth-order valence-corrected chi connectivity index (χ4v) is 7.22. The number of fused-ring (bicyclic) bond motifs is 1. The number of amides is 1. The number of ether oxygens (including phenoxy) is 1. The van der Waals surface area contributed by atoms with Gasteiger partial charge < -0.3 is 30.8 Å². The molecule has 4 aromatic rings. The van der Waals surface area contributed by atoms with Crippen molar-refractivity contribution in [3.05, 3.63) is 61.5 Å². The first-order valence-corrected chi connectivity index (χ1v) is 15.0. The molecule has 1 aliphatic carbocycles. The number of thiophene rings is 2. The van der Waals surface area contributed by atoms with Crippen molar-refractivity contribution in [1.29, 1.82) is 0 Å². The highest BCUT2D eigenvalue weighted by Gasteiger charge is 2.24. The summed E-state index contributed by atoms with van der Waals surface area (Å²) in [5, 5.41) is 9.61. The van der Waals surface area contributed by atoms with Gasteiger partial charge in [0.1, 0.15) is 10.4 Å². The van der Waals surface area contributed by atoms with Crippen molar-refractivity contribution < 1.29 is 13.9 Å². The number of primary amides is 1. The Hall–Kier alpha value is -3.25. The molecular weight excluding hydrogens is 534 g/mol. The average Bonchev–Trinajstić information content (AvgIpc) is 3.57. The van der Waals surface area contributed by atoms with Crippen molar-refractivity contribution in [1.82, 2.24) is 4.98 Å². The van der Waals surface area contributed by atoms with Gasteiger partial charge in [0, 0.05) is 54.2 Å². The molecule has 0 radical (unpaired) electrons. The fraction of sp³-hybridized carbons (Fsp3) is 0.393. The van der Waals surface area contributed by atoms with Crippen LogP contribution in [0.1, 0.15) is 47.3 Å². The Morgan fingerprint density at radius 3 is 2.72 bits per heavy atom. The molecule has 5 heterocycles. The van der Waals surface area contributed by atoms with E-state index in [1.165, 1.54) is 11.3 Å². The number of hydrogen-bond acceptors (Lipinski definition) is 10. The molecule has 1 saturated carbocycles. The lowest BCUT2D eigenvalue weighted by Crippen LogP contribution is -2.42. The van der Waals surface area contributed by atoms with Crippen molar-refractivity contribution in [2.75, 3.05) is 36.5 Å². The molecule has 2 fully saturated rings. The number of hydrogen-bond donors (Lipinski definition) is 3. The molecule has 2 atom stereocenters. The Bertz CT molecular complexity index is 1560. The van der Waals surface area contributed by atoms with E-state index in [2.05, 4.69) is 21.1 Å². The molecule has 4 aromatic heterocycles. The average molecular weight is 566 g/mol. The van der Waals surface area contributed by atoms with E-state index in [0.717, 1.165) is 53.6 Å². The van der Waals surface area contributed by atoms with Gasteiger partial charge in [-0.05, 0) is 40.8 Å². The molecule has 1 amide bonds. The third-order valence-corrected chi connectivity index (χ3v) is 9.31. The van der Waals surface area contributed by atoms with Gasteiger partial charge >= 0.3 is 0 Å². The Balaban J connectivity index is 1.34. The molecule has 2 aliphatic rings. The van der Waals surface area contributed by atoms with Crippen LogP contribution in [-0.4, -0.2) is 49.3 Å². The minimum absolute atomic E-state index is 0.0503. The second-order valence-electron chi connectivity index (χ2n) is 10.1. The number of aromatic nitrogens is 1. The van der Waals surface area contributed by atoms with Crippen molar-refractivity contribution in [2.45, 2.75) is 44.2 Å². The van der Waals surface area contributed by atoms with E-state index in [9.17, 15) is 9.59 Å². The molecule has 0 bridgehead atoms. The highest BCUT2D eigenvalue weighted by atomic mass is 32.1. The van der Waals surface area contributed by atoms with Gasteiger partial charge in [0.05, 0.1) is 25.1 Å². The summed E-state index contributed by atoms with van der Waals surface area (Å²) in [4.78, 5) is 31.7. The highest BCUT2D eigenvalue weighted by Crippen LogP contribution is 2.39. The van der Waals surface area contributed by atoms with Crippen LogP contribution >= 0.6 is 22.7 Å². The number of carbonyl (C=O) groups is 1. The Labute approximate surface area is 233 Å². The molecule has 0 spiro atoms. The molecule has 0 aromatic carbocycles. The summed E-state index contributed by atoms with van der Waals surface area (Å²) in [5.41, 5.74) is 17.3. The molecule has 1 saturated heterocycles. The summed E-state index contributed by atoms with van der Waals surface area (Å²) in [6, 6.07) is 3.79. The van der Waals surface area contributed by atoms with Gasteiger partial charge in [-0.2, -0.15) is 11.3 Å². The lowest BCUT2D eigenvalue weighted by molar-refractivity contribution is 0.0994. The summed E-state index contributed by atoms with van der Waals surface area (Å²) >= 11 is 2.95. The number of nitrogens with two attached hydrogens (primary N) is 2. The molecule has 1 aliphatic heterocycles. The summed E-state index contributed by atoms with van der Waals surface area (Å²) in [7, 11) is 0. The van der Waals surface area contributed by atoms with E-state index in [4.69, 9.17) is 20.6 Å². The van der Waals surface area contributed by atoms with Crippen LogP contribution in [0.3, 0.4) is 0 Å². The summed E-state index contributed by atoms with van der Waals surface area (Å²) in [5.74, 6) is -0.00280. The van der Waals surface area contributed by atoms with E-state index in [1.54, 1.807) is 23.6 Å². The van der Waals surface area contributed by atoms with Gasteiger partial charge in [-0.1, -0.05) is 12.8 Å². The predicted molar refractivity (Wildman–Crippen MR) is 156 cm³/mol. The Morgan fingerprint density at radius 1 is 1.10 bits per heavy atom. The number of rotatable bonds is 7. The molecular formula is C28H31N5O4S2. The van der Waals surface area contributed by atoms with Crippen LogP contribution in [-0.2, 0) is 11.2 Å². The second kappa shape index (κ2) is 11.1. The fourth-order valence-electron chi connectivity index (χ4n) is 5.46. The van der Waals surface area contributed by atoms with Gasteiger partial charge in [-0.25, -0.2) is 4.98 Å². The second-order valence-corrected chi connectivity index (χ2v) is 11.8. The molecule has 5 N–H and O–H groups in total. The zero-order valence-electron chi connectivity index (χ0n) is 21.5. The predicted octanol–water partition coefficient (Wildman–Crippen LogP) is 4.19. The first-order chi connectivity index (χ1) is 19.0. The zero-order chi connectivity index (χ0) is 26.9. The number of carbonyl (C=O) groups excluding carboxylic acids is 1. The van der Waals surface area contributed by atoms with Crippen molar-refractivity contribution >= 4 is 50.4 Å². The van der Waals surface area contributed by atoms with Crippen molar-refractivity contribution in [3.8, 4) is 11.1 Å². The van der Waals surface area contributed by atoms with Gasteiger partial charge in [-0.15, -0.1) is 11.3 Å². The topological polar surface area (TPSA) is 137 Å². The maximum Gasteiger partial charge on any atom is 0.267 e. The van der Waals surface area contributed by atoms with Gasteiger partial charge in [0.25, 0.3) is 5.91 Å². The number of pyridine rings is 1. The lowest BCUT2D eigenvalue weighted by atomic mass is 9.91. The van der Waals surface area contributed by atoms with Crippen LogP contribution < -0.4 is 27.1 Å². The number of nitrogens with one attached hydrogen (secondary N) is 1. The van der Waals surface area contributed by atoms with Crippen LogP contribution in [0.5, 0.6) is 0 Å². The number of morpholine rings is 1. The minimum Gasteiger partial charge on any atom is -0.439 e. The minimum atomic E-state index is -0.565. The molecule has 9 nitrogen and oxygen atoms in total. The maximum absolute atomic E-state index is 13.0. The van der Waals surface area contributed by atoms with Crippen LogP contribution in [0, 0.1) is 0 Å². The molecule has 11 heteroatoms. The first-order valence-electron chi connectivity index (χ1n) is 13.2. The van der Waals surface area contributed by atoms with Crippen LogP contribution in [0.4, 0.5) is 11.6 Å². The van der Waals surface area contributed by atoms with Gasteiger partial charge in [0.15, 0.2) is 11.5 Å². The highest BCUT2D eigenvalue weighted by molar-refractivity contribution is 7.17. The molecule has 39 heavy (non-hydrogen) atoms. The summed E-state index contributed by atoms with van der Waals surface area (Å²) < 4.78 is 12.4. The Morgan fingerprint density at radius 2 is 1.92 bits per heavy atom. The van der Waals surface area contributed by atoms with Crippen LogP contribution in [0.25, 0.3) is 21.4 Å². The molecule has 204 valence electrons. The van der Waals surface area contributed by atoms with Gasteiger partial charge in [0.2, 0.25) is 5.43 Å². The lowest BCUT2D eigenvalue weighted by Gasteiger charge is -2.30. The monoisotopic (exact) mass is 565 g/mol. The normalized spacial score (nSPS) is 19.9. The number of nitrogens with zero attached hydrogens (tertiary/aromatic N) is 2. The van der Waals surface area contributed by atoms with E-state index in [-0.39, 0.29) is 23.2 Å². The van der Waals surface area contributed by atoms with Crippen LogP contribution in [0.15, 0.2) is 43.7 Å². The van der Waals surface area contributed by atoms with Gasteiger partial charge in [-0.3, -0.25) is 9.59 Å². The quantitative estimate of drug-likeness (QED) is 0.304. The summed E-state index contributed by atoms with van der Waals surface area (Å²) in [6.45, 7) is 2.56. The summed E-state index contributed by atoms with van der Waals surface area (Å²) in [6.07, 6.45) is 6.41. The van der Waals surface area contributed by atoms with E-state index in [1.807, 2.05) is 16.3 Å². The maximum atomic E-state index is 13.0. The van der Waals surface area contributed by atoms with E-state index >= 15 is 0 Å². The molecule has 0 unspecified atom stereocenters.